The molecule has 1 aromatic carbocycles. The second-order valence-electron chi connectivity index (χ2n) is 2.72. The van der Waals surface area contributed by atoms with E-state index in [1.165, 1.54) is 11.8 Å². The number of benzene rings is 1. The molecule has 0 aliphatic heterocycles. The minimum atomic E-state index is -1.03. The van der Waals surface area contributed by atoms with Crippen molar-refractivity contribution in [2.75, 3.05) is 5.75 Å². The van der Waals surface area contributed by atoms with Crippen molar-refractivity contribution in [1.29, 1.82) is 0 Å². The molecule has 0 heterocycles. The third kappa shape index (κ3) is 2.93. The van der Waals surface area contributed by atoms with E-state index in [0.29, 0.717) is 4.90 Å². The Labute approximate surface area is 85.7 Å². The maximum Gasteiger partial charge on any atom is 0.321 e. The van der Waals surface area contributed by atoms with Crippen LogP contribution in [-0.4, -0.2) is 28.0 Å². The lowest BCUT2D eigenvalue weighted by atomic mass is 10.3. The van der Waals surface area contributed by atoms with Crippen LogP contribution in [-0.2, 0) is 4.79 Å². The van der Waals surface area contributed by atoms with Crippen LogP contribution in [0.2, 0.25) is 0 Å². The Kier molecular flexibility index (Phi) is 3.79. The van der Waals surface area contributed by atoms with E-state index in [4.69, 9.17) is 10.8 Å². The lowest BCUT2D eigenvalue weighted by Crippen LogP contribution is -2.32. The average Bonchev–Trinajstić information content (AvgIpc) is 2.16. The summed E-state index contributed by atoms with van der Waals surface area (Å²) in [5.74, 6) is -0.643. The van der Waals surface area contributed by atoms with Gasteiger partial charge in [-0.15, -0.1) is 11.8 Å². The molecule has 5 heteroatoms. The van der Waals surface area contributed by atoms with Gasteiger partial charge >= 0.3 is 5.97 Å². The van der Waals surface area contributed by atoms with E-state index in [-0.39, 0.29) is 11.5 Å². The first-order chi connectivity index (χ1) is 6.61. The standard InChI is InChI=1S/C9H11NO3S/c10-6(9(12)13)5-14-8-4-2-1-3-7(8)11/h1-4,6,11H,5,10H2,(H,12,13)/t6-/m0/s1. The summed E-state index contributed by atoms with van der Waals surface area (Å²) in [6, 6.07) is 5.84. The lowest BCUT2D eigenvalue weighted by Gasteiger charge is -2.06. The van der Waals surface area contributed by atoms with Crippen molar-refractivity contribution in [1.82, 2.24) is 0 Å². The molecule has 1 rings (SSSR count). The van der Waals surface area contributed by atoms with Crippen LogP contribution >= 0.6 is 11.8 Å². The normalized spacial score (nSPS) is 12.4. The number of hydrogen-bond donors (Lipinski definition) is 3. The molecule has 4 N–H and O–H groups in total. The number of aliphatic carboxylic acids is 1. The fourth-order valence-corrected chi connectivity index (χ4v) is 1.72. The van der Waals surface area contributed by atoms with E-state index in [1.807, 2.05) is 0 Å². The Bertz CT molecular complexity index is 330. The Morgan fingerprint density at radius 2 is 2.14 bits per heavy atom. The van der Waals surface area contributed by atoms with Gasteiger partial charge in [-0.25, -0.2) is 0 Å². The molecule has 14 heavy (non-hydrogen) atoms. The van der Waals surface area contributed by atoms with Gasteiger partial charge in [0.05, 0.1) is 0 Å². The first-order valence-corrected chi connectivity index (χ1v) is 4.99. The highest BCUT2D eigenvalue weighted by molar-refractivity contribution is 7.99. The monoisotopic (exact) mass is 213 g/mol. The molecule has 4 nitrogen and oxygen atoms in total. The summed E-state index contributed by atoms with van der Waals surface area (Å²) in [4.78, 5) is 11.0. The summed E-state index contributed by atoms with van der Waals surface area (Å²) < 4.78 is 0. The van der Waals surface area contributed by atoms with Gasteiger partial charge < -0.3 is 15.9 Å². The largest absolute Gasteiger partial charge is 0.507 e. The molecular weight excluding hydrogens is 202 g/mol. The van der Waals surface area contributed by atoms with Crippen LogP contribution in [0.3, 0.4) is 0 Å². The average molecular weight is 213 g/mol. The summed E-state index contributed by atoms with van der Waals surface area (Å²) in [6.45, 7) is 0. The van der Waals surface area contributed by atoms with E-state index in [1.54, 1.807) is 24.3 Å². The van der Waals surface area contributed by atoms with Crippen LogP contribution in [0.4, 0.5) is 0 Å². The van der Waals surface area contributed by atoms with Gasteiger partial charge in [-0.05, 0) is 12.1 Å². The van der Waals surface area contributed by atoms with Gasteiger partial charge in [0.15, 0.2) is 0 Å². The van der Waals surface area contributed by atoms with Crippen molar-refractivity contribution < 1.29 is 15.0 Å². The van der Waals surface area contributed by atoms with Crippen molar-refractivity contribution in [2.45, 2.75) is 10.9 Å². The highest BCUT2D eigenvalue weighted by atomic mass is 32.2. The minimum absolute atomic E-state index is 0.148. The molecule has 0 aromatic heterocycles. The number of thioether (sulfide) groups is 1. The Balaban J connectivity index is 2.54. The van der Waals surface area contributed by atoms with Crippen LogP contribution in [0.25, 0.3) is 0 Å². The van der Waals surface area contributed by atoms with Crippen LogP contribution < -0.4 is 5.73 Å². The molecule has 0 unspecified atom stereocenters. The van der Waals surface area contributed by atoms with Crippen molar-refractivity contribution in [3.8, 4) is 5.75 Å². The summed E-state index contributed by atoms with van der Waals surface area (Å²) >= 11 is 1.23. The molecule has 76 valence electrons. The van der Waals surface area contributed by atoms with Crippen LogP contribution in [0.5, 0.6) is 5.75 Å². The number of carbonyl (C=O) groups is 1. The molecule has 1 aromatic rings. The fraction of sp³-hybridized carbons (Fsp3) is 0.222. The summed E-state index contributed by atoms with van der Waals surface area (Å²) in [7, 11) is 0. The van der Waals surface area contributed by atoms with E-state index < -0.39 is 12.0 Å². The summed E-state index contributed by atoms with van der Waals surface area (Å²) in [5.41, 5.74) is 5.31. The summed E-state index contributed by atoms with van der Waals surface area (Å²) in [5, 5.41) is 17.9. The molecule has 0 aliphatic carbocycles. The Hall–Kier alpha value is -1.20. The topological polar surface area (TPSA) is 83.5 Å². The molecule has 0 aliphatic rings. The third-order valence-electron chi connectivity index (χ3n) is 1.60. The number of hydrogen-bond acceptors (Lipinski definition) is 4. The molecule has 0 saturated carbocycles. The maximum atomic E-state index is 10.4. The van der Waals surface area contributed by atoms with E-state index in [2.05, 4.69) is 0 Å². The zero-order valence-electron chi connectivity index (χ0n) is 7.38. The molecular formula is C9H11NO3S. The van der Waals surface area contributed by atoms with Gasteiger partial charge in [0.25, 0.3) is 0 Å². The number of nitrogens with two attached hydrogens (primary N) is 1. The van der Waals surface area contributed by atoms with Gasteiger partial charge in [0.1, 0.15) is 11.8 Å². The van der Waals surface area contributed by atoms with E-state index in [9.17, 15) is 9.90 Å². The van der Waals surface area contributed by atoms with Crippen LogP contribution in [0.15, 0.2) is 29.2 Å². The smallest absolute Gasteiger partial charge is 0.321 e. The second kappa shape index (κ2) is 4.88. The summed E-state index contributed by atoms with van der Waals surface area (Å²) in [6.07, 6.45) is 0. The number of rotatable bonds is 4. The number of carboxylic acids is 1. The van der Waals surface area contributed by atoms with Crippen molar-refractivity contribution in [3.63, 3.8) is 0 Å². The van der Waals surface area contributed by atoms with Gasteiger partial charge in [0, 0.05) is 10.6 Å². The molecule has 0 fully saturated rings. The quantitative estimate of drug-likeness (QED) is 0.647. The molecule has 1 atom stereocenters. The predicted octanol–water partition coefficient (Wildman–Crippen LogP) is 0.896. The first kappa shape index (κ1) is 10.9. The van der Waals surface area contributed by atoms with Crippen molar-refractivity contribution in [2.24, 2.45) is 5.73 Å². The van der Waals surface area contributed by atoms with Crippen LogP contribution in [0.1, 0.15) is 0 Å². The highest BCUT2D eigenvalue weighted by Gasteiger charge is 2.12. The molecule has 0 radical (unpaired) electrons. The van der Waals surface area contributed by atoms with Gasteiger partial charge in [0.2, 0.25) is 0 Å². The minimum Gasteiger partial charge on any atom is -0.507 e. The number of phenols is 1. The van der Waals surface area contributed by atoms with Gasteiger partial charge in [-0.2, -0.15) is 0 Å². The van der Waals surface area contributed by atoms with Crippen LogP contribution in [0, 0.1) is 0 Å². The van der Waals surface area contributed by atoms with Crippen molar-refractivity contribution in [3.05, 3.63) is 24.3 Å². The maximum absolute atomic E-state index is 10.4. The fourth-order valence-electron chi connectivity index (χ4n) is 0.830. The van der Waals surface area contributed by atoms with Gasteiger partial charge in [-0.1, -0.05) is 12.1 Å². The zero-order chi connectivity index (χ0) is 10.6. The highest BCUT2D eigenvalue weighted by Crippen LogP contribution is 2.27. The van der Waals surface area contributed by atoms with Crippen molar-refractivity contribution >= 4 is 17.7 Å². The van der Waals surface area contributed by atoms with Gasteiger partial charge in [-0.3, -0.25) is 4.79 Å². The SMILES string of the molecule is N[C@@H](CSc1ccccc1O)C(=O)O. The number of phenolic OH excluding ortho intramolecular Hbond substituents is 1. The molecule has 0 amide bonds. The van der Waals surface area contributed by atoms with E-state index in [0.717, 1.165) is 0 Å². The third-order valence-corrected chi connectivity index (χ3v) is 2.78. The number of aromatic hydroxyl groups is 1. The molecule has 0 saturated heterocycles. The Morgan fingerprint density at radius 3 is 2.71 bits per heavy atom. The Morgan fingerprint density at radius 1 is 1.50 bits per heavy atom. The number of carboxylic acid groups (broad SMARTS) is 1. The lowest BCUT2D eigenvalue weighted by molar-refractivity contribution is -0.137. The zero-order valence-corrected chi connectivity index (χ0v) is 8.20. The molecule has 0 bridgehead atoms. The second-order valence-corrected chi connectivity index (χ2v) is 3.79. The predicted molar refractivity (Wildman–Crippen MR) is 54.4 cm³/mol. The van der Waals surface area contributed by atoms with E-state index >= 15 is 0 Å². The molecule has 0 spiro atoms. The first-order valence-electron chi connectivity index (χ1n) is 4.00. The number of para-hydroxylation sites is 1.